The van der Waals surface area contributed by atoms with Gasteiger partial charge in [-0.15, -0.1) is 0 Å². The third-order valence-corrected chi connectivity index (χ3v) is 8.17. The number of rotatable bonds is 14. The molecular weight excluding hydrogens is 522 g/mol. The first kappa shape index (κ1) is 30.6. The van der Waals surface area contributed by atoms with Crippen molar-refractivity contribution in [1.29, 1.82) is 0 Å². The molecule has 1 saturated heterocycles. The highest BCUT2D eigenvalue weighted by Crippen LogP contribution is 2.47. The maximum absolute atomic E-state index is 13.0. The maximum atomic E-state index is 13.0. The van der Waals surface area contributed by atoms with E-state index in [4.69, 9.17) is 28.1 Å². The Hall–Kier alpha value is -3.39. The lowest BCUT2D eigenvalue weighted by Crippen LogP contribution is -2.31. The zero-order valence-electron chi connectivity index (χ0n) is 25.5. The number of nitrogens with zero attached hydrogens (tertiary/aromatic N) is 1. The molecule has 0 bridgehead atoms. The smallest absolute Gasteiger partial charge is 0.336 e. The highest BCUT2D eigenvalue weighted by molar-refractivity contribution is 5.92. The molecule has 8 heteroatoms. The number of ether oxygens (including phenoxy) is 5. The Balaban J connectivity index is 1.98. The summed E-state index contributed by atoms with van der Waals surface area (Å²) in [6.07, 6.45) is 8.38. The number of methoxy groups -OCH3 is 5. The van der Waals surface area contributed by atoms with Crippen LogP contribution in [0.15, 0.2) is 33.5 Å². The van der Waals surface area contributed by atoms with Crippen LogP contribution in [0.5, 0.6) is 28.7 Å². The second kappa shape index (κ2) is 14.5. The molecule has 1 aliphatic rings. The van der Waals surface area contributed by atoms with Crippen LogP contribution in [0.3, 0.4) is 0 Å². The summed E-state index contributed by atoms with van der Waals surface area (Å²) in [6, 6.07) is 7.51. The average molecular weight is 568 g/mol. The molecule has 8 nitrogen and oxygen atoms in total. The van der Waals surface area contributed by atoms with Gasteiger partial charge in [0.05, 0.1) is 40.9 Å². The highest BCUT2D eigenvalue weighted by atomic mass is 16.5. The Kier molecular flexibility index (Phi) is 10.8. The Morgan fingerprint density at radius 1 is 0.805 bits per heavy atom. The zero-order chi connectivity index (χ0) is 29.4. The van der Waals surface area contributed by atoms with Crippen molar-refractivity contribution < 1.29 is 28.1 Å². The van der Waals surface area contributed by atoms with E-state index in [1.165, 1.54) is 19.3 Å². The van der Waals surface area contributed by atoms with Crippen LogP contribution in [-0.4, -0.2) is 60.1 Å². The fourth-order valence-corrected chi connectivity index (χ4v) is 6.08. The second-order valence-electron chi connectivity index (χ2n) is 10.6. The Morgan fingerprint density at radius 3 is 2.05 bits per heavy atom. The number of benzene rings is 2. The summed E-state index contributed by atoms with van der Waals surface area (Å²) in [5.74, 6) is 2.73. The van der Waals surface area contributed by atoms with Crippen molar-refractivity contribution in [3.63, 3.8) is 0 Å². The molecule has 0 radical (unpaired) electrons. The lowest BCUT2D eigenvalue weighted by atomic mass is 9.85. The van der Waals surface area contributed by atoms with Crippen LogP contribution in [-0.2, 0) is 6.42 Å². The normalized spacial score (nSPS) is 14.6. The second-order valence-corrected chi connectivity index (χ2v) is 10.6. The van der Waals surface area contributed by atoms with E-state index in [1.54, 1.807) is 41.6 Å². The van der Waals surface area contributed by atoms with E-state index in [1.807, 2.05) is 18.2 Å². The molecule has 0 aliphatic carbocycles. The van der Waals surface area contributed by atoms with Crippen molar-refractivity contribution in [3.05, 3.63) is 51.4 Å². The van der Waals surface area contributed by atoms with E-state index >= 15 is 0 Å². The SMILES string of the molecule is CCCCCc1cc(=O)oc2c([C@H](CCN3CCCCC3)c3cc(OC)c(OC)c(OC)c3)c(OC)cc(OC)c12. The molecule has 0 saturated carbocycles. The third-order valence-electron chi connectivity index (χ3n) is 8.17. The Bertz CT molecular complexity index is 1330. The van der Waals surface area contributed by atoms with Crippen LogP contribution in [0, 0.1) is 0 Å². The number of hydrogen-bond donors (Lipinski definition) is 0. The van der Waals surface area contributed by atoms with Crippen LogP contribution in [0.2, 0.25) is 0 Å². The summed E-state index contributed by atoms with van der Waals surface area (Å²) in [6.45, 7) is 5.22. The standard InChI is InChI=1S/C33H45NO7/c1-7-8-10-13-22-20-29(35)41-33-30(22)25(36-2)21-26(37-3)31(33)24(14-17-34-15-11-9-12-16-34)23-18-27(38-4)32(40-6)28(19-23)39-5/h18-21,24H,7-17H2,1-6H3/t24-/m1/s1. The average Bonchev–Trinajstić information content (AvgIpc) is 3.00. The van der Waals surface area contributed by atoms with E-state index in [0.717, 1.165) is 73.8 Å². The molecule has 1 aliphatic heterocycles. The van der Waals surface area contributed by atoms with Crippen LogP contribution in [0.4, 0.5) is 0 Å². The summed E-state index contributed by atoms with van der Waals surface area (Å²) >= 11 is 0. The molecule has 41 heavy (non-hydrogen) atoms. The molecule has 0 amide bonds. The van der Waals surface area contributed by atoms with Gasteiger partial charge >= 0.3 is 5.63 Å². The van der Waals surface area contributed by atoms with Crippen molar-refractivity contribution in [1.82, 2.24) is 4.90 Å². The van der Waals surface area contributed by atoms with Gasteiger partial charge in [-0.3, -0.25) is 0 Å². The van der Waals surface area contributed by atoms with Crippen LogP contribution in [0.1, 0.15) is 74.5 Å². The molecule has 1 aromatic heterocycles. The van der Waals surface area contributed by atoms with Gasteiger partial charge in [-0.2, -0.15) is 0 Å². The van der Waals surface area contributed by atoms with Crippen LogP contribution < -0.4 is 29.3 Å². The maximum Gasteiger partial charge on any atom is 0.336 e. The van der Waals surface area contributed by atoms with Gasteiger partial charge in [0, 0.05) is 23.6 Å². The summed E-state index contributed by atoms with van der Waals surface area (Å²) in [5, 5.41) is 0.828. The molecule has 1 atom stereocenters. The molecule has 2 aromatic carbocycles. The monoisotopic (exact) mass is 567 g/mol. The zero-order valence-corrected chi connectivity index (χ0v) is 25.5. The summed E-state index contributed by atoms with van der Waals surface area (Å²) in [5.41, 5.74) is 2.85. The number of piperidine rings is 1. The van der Waals surface area contributed by atoms with Gasteiger partial charge < -0.3 is 33.0 Å². The first-order valence-electron chi connectivity index (χ1n) is 14.7. The lowest BCUT2D eigenvalue weighted by Gasteiger charge is -2.30. The Morgan fingerprint density at radius 2 is 1.46 bits per heavy atom. The van der Waals surface area contributed by atoms with Gasteiger partial charge in [0.15, 0.2) is 11.5 Å². The lowest BCUT2D eigenvalue weighted by molar-refractivity contribution is 0.223. The van der Waals surface area contributed by atoms with Gasteiger partial charge in [0.2, 0.25) is 5.75 Å². The van der Waals surface area contributed by atoms with E-state index in [9.17, 15) is 4.79 Å². The number of hydrogen-bond acceptors (Lipinski definition) is 8. The first-order chi connectivity index (χ1) is 20.0. The molecule has 1 fully saturated rings. The minimum atomic E-state index is -0.375. The first-order valence-corrected chi connectivity index (χ1v) is 14.7. The van der Waals surface area contributed by atoms with Crippen molar-refractivity contribution in [3.8, 4) is 28.7 Å². The van der Waals surface area contributed by atoms with Crippen molar-refractivity contribution in [2.24, 2.45) is 0 Å². The topological polar surface area (TPSA) is 79.6 Å². The number of aryl methyl sites for hydroxylation is 1. The van der Waals surface area contributed by atoms with Gasteiger partial charge in [0.1, 0.15) is 17.1 Å². The van der Waals surface area contributed by atoms with Gasteiger partial charge in [0.25, 0.3) is 0 Å². The van der Waals surface area contributed by atoms with Crippen molar-refractivity contribution in [2.75, 3.05) is 55.2 Å². The molecule has 0 spiro atoms. The highest BCUT2D eigenvalue weighted by Gasteiger charge is 2.29. The molecular formula is C33H45NO7. The van der Waals surface area contributed by atoms with Gasteiger partial charge in [-0.1, -0.05) is 26.2 Å². The van der Waals surface area contributed by atoms with E-state index in [0.29, 0.717) is 34.3 Å². The van der Waals surface area contributed by atoms with Crippen molar-refractivity contribution in [2.45, 2.75) is 64.2 Å². The number of fused-ring (bicyclic) bond motifs is 1. The van der Waals surface area contributed by atoms with Gasteiger partial charge in [-0.05, 0) is 75.0 Å². The number of unbranched alkanes of at least 4 members (excludes halogenated alkanes) is 2. The summed E-state index contributed by atoms with van der Waals surface area (Å²) in [4.78, 5) is 15.5. The Labute approximate surface area is 243 Å². The molecule has 4 rings (SSSR count). The van der Waals surface area contributed by atoms with Gasteiger partial charge in [-0.25, -0.2) is 4.79 Å². The minimum absolute atomic E-state index is 0.192. The van der Waals surface area contributed by atoms with E-state index < -0.39 is 0 Å². The molecule has 0 N–H and O–H groups in total. The van der Waals surface area contributed by atoms with Crippen molar-refractivity contribution >= 4 is 11.0 Å². The summed E-state index contributed by atoms with van der Waals surface area (Å²) in [7, 11) is 8.12. The van der Waals surface area contributed by atoms with Crippen LogP contribution >= 0.6 is 0 Å². The third kappa shape index (κ3) is 6.75. The predicted molar refractivity (Wildman–Crippen MR) is 162 cm³/mol. The fourth-order valence-electron chi connectivity index (χ4n) is 6.08. The van der Waals surface area contributed by atoms with E-state index in [2.05, 4.69) is 11.8 Å². The molecule has 224 valence electrons. The quantitative estimate of drug-likeness (QED) is 0.160. The predicted octanol–water partition coefficient (Wildman–Crippen LogP) is 6.58. The largest absolute Gasteiger partial charge is 0.496 e. The minimum Gasteiger partial charge on any atom is -0.496 e. The summed E-state index contributed by atoms with van der Waals surface area (Å²) < 4.78 is 35.0. The molecule has 2 heterocycles. The van der Waals surface area contributed by atoms with Crippen LogP contribution in [0.25, 0.3) is 11.0 Å². The van der Waals surface area contributed by atoms with E-state index in [-0.39, 0.29) is 11.5 Å². The molecule has 3 aromatic rings. The molecule has 0 unspecified atom stereocenters. The number of likely N-dealkylation sites (tertiary alicyclic amines) is 1. The fraction of sp³-hybridized carbons (Fsp3) is 0.545.